The molecular formula is C56H54N2+2. The summed E-state index contributed by atoms with van der Waals surface area (Å²) in [5.41, 5.74) is 27.7. The van der Waals surface area contributed by atoms with E-state index >= 15 is 0 Å². The normalized spacial score (nSPS) is 11.3. The lowest BCUT2D eigenvalue weighted by Crippen LogP contribution is -2.31. The van der Waals surface area contributed by atoms with E-state index in [2.05, 4.69) is 224 Å². The summed E-state index contributed by atoms with van der Waals surface area (Å²) < 4.78 is 4.53. The molecule has 0 aliphatic carbocycles. The Kier molecular flexibility index (Phi) is 10.3. The van der Waals surface area contributed by atoms with Crippen LogP contribution in [0.1, 0.15) is 44.5 Å². The van der Waals surface area contributed by atoms with Crippen LogP contribution in [0.3, 0.4) is 0 Å². The van der Waals surface area contributed by atoms with Gasteiger partial charge >= 0.3 is 0 Å². The van der Waals surface area contributed by atoms with E-state index in [-0.39, 0.29) is 0 Å². The third-order valence-corrected chi connectivity index (χ3v) is 12.0. The molecule has 0 atom stereocenters. The van der Waals surface area contributed by atoms with Crippen molar-refractivity contribution < 1.29 is 9.13 Å². The van der Waals surface area contributed by atoms with E-state index in [0.717, 1.165) is 0 Å². The first kappa shape index (κ1) is 38.5. The molecule has 6 aromatic carbocycles. The maximum Gasteiger partial charge on any atom is 0.213 e. The average Bonchev–Trinajstić information content (AvgIpc) is 3.19. The molecule has 2 heteroatoms. The Morgan fingerprint density at radius 1 is 0.310 bits per heavy atom. The van der Waals surface area contributed by atoms with Gasteiger partial charge in [-0.1, -0.05) is 96.6 Å². The highest BCUT2D eigenvalue weighted by Crippen LogP contribution is 2.38. The van der Waals surface area contributed by atoms with Crippen LogP contribution in [-0.2, 0) is 14.1 Å². The Labute approximate surface area is 345 Å². The van der Waals surface area contributed by atoms with Crippen molar-refractivity contribution in [3.63, 3.8) is 0 Å². The number of aromatic nitrogens is 2. The van der Waals surface area contributed by atoms with Crippen LogP contribution in [0.2, 0.25) is 0 Å². The number of hydrogen-bond donors (Lipinski definition) is 0. The summed E-state index contributed by atoms with van der Waals surface area (Å²) in [6, 6.07) is 49.9. The largest absolute Gasteiger partial charge is 0.213 e. The van der Waals surface area contributed by atoms with Gasteiger partial charge < -0.3 is 0 Å². The first-order valence-corrected chi connectivity index (χ1v) is 20.4. The van der Waals surface area contributed by atoms with Crippen molar-refractivity contribution in [3.8, 4) is 78.1 Å². The van der Waals surface area contributed by atoms with Crippen molar-refractivity contribution in [1.82, 2.24) is 0 Å². The van der Waals surface area contributed by atoms with Crippen molar-refractivity contribution in [1.29, 1.82) is 0 Å². The fourth-order valence-corrected chi connectivity index (χ4v) is 9.22. The molecule has 8 rings (SSSR count). The number of benzene rings is 6. The zero-order valence-corrected chi connectivity index (χ0v) is 35.8. The second-order valence-corrected chi connectivity index (χ2v) is 16.5. The van der Waals surface area contributed by atoms with E-state index in [9.17, 15) is 0 Å². The maximum absolute atomic E-state index is 2.40. The van der Waals surface area contributed by atoms with Crippen LogP contribution in [0.5, 0.6) is 0 Å². The first-order valence-electron chi connectivity index (χ1n) is 20.4. The minimum absolute atomic E-state index is 1.21. The van der Waals surface area contributed by atoms with Crippen molar-refractivity contribution in [2.75, 3.05) is 0 Å². The van der Waals surface area contributed by atoms with Gasteiger partial charge in [-0.3, -0.25) is 0 Å². The molecule has 58 heavy (non-hydrogen) atoms. The molecule has 2 aromatic heterocycles. The fourth-order valence-electron chi connectivity index (χ4n) is 9.22. The smallest absolute Gasteiger partial charge is 0.201 e. The molecule has 0 bridgehead atoms. The zero-order chi connectivity index (χ0) is 40.8. The molecule has 2 nitrogen and oxygen atoms in total. The molecule has 0 spiro atoms. The second-order valence-electron chi connectivity index (χ2n) is 16.5. The quantitative estimate of drug-likeness (QED) is 0.143. The van der Waals surface area contributed by atoms with Gasteiger partial charge in [0.15, 0.2) is 12.4 Å². The van der Waals surface area contributed by atoms with Crippen LogP contribution in [0.25, 0.3) is 78.1 Å². The molecule has 286 valence electrons. The molecule has 0 N–H and O–H groups in total. The molecule has 0 amide bonds. The van der Waals surface area contributed by atoms with Crippen molar-refractivity contribution >= 4 is 0 Å². The van der Waals surface area contributed by atoms with Gasteiger partial charge in [0.1, 0.15) is 14.1 Å². The third-order valence-electron chi connectivity index (χ3n) is 12.0. The van der Waals surface area contributed by atoms with Gasteiger partial charge in [0.25, 0.3) is 0 Å². The number of nitrogens with zero attached hydrogens (tertiary/aromatic N) is 2. The summed E-state index contributed by atoms with van der Waals surface area (Å²) in [6.07, 6.45) is 4.48. The predicted molar refractivity (Wildman–Crippen MR) is 245 cm³/mol. The van der Waals surface area contributed by atoms with E-state index in [0.29, 0.717) is 0 Å². The van der Waals surface area contributed by atoms with Crippen LogP contribution in [0, 0.1) is 55.4 Å². The van der Waals surface area contributed by atoms with Gasteiger partial charge in [-0.15, -0.1) is 0 Å². The van der Waals surface area contributed by atoms with Crippen molar-refractivity contribution in [2.45, 2.75) is 55.4 Å². The van der Waals surface area contributed by atoms with Crippen molar-refractivity contribution in [3.05, 3.63) is 190 Å². The van der Waals surface area contributed by atoms with E-state index in [1.807, 2.05) is 0 Å². The summed E-state index contributed by atoms with van der Waals surface area (Å²) in [5.74, 6) is 0. The van der Waals surface area contributed by atoms with Crippen LogP contribution in [0.15, 0.2) is 146 Å². The summed E-state index contributed by atoms with van der Waals surface area (Å²) in [6.45, 7) is 17.8. The molecule has 0 aliphatic rings. The molecule has 0 radical (unpaired) electrons. The predicted octanol–water partition coefficient (Wildman–Crippen LogP) is 13.5. The molecule has 0 fully saturated rings. The molecule has 0 aliphatic heterocycles. The number of rotatable bonds is 7. The minimum Gasteiger partial charge on any atom is -0.201 e. The lowest BCUT2D eigenvalue weighted by Gasteiger charge is -2.15. The van der Waals surface area contributed by atoms with E-state index in [1.165, 1.54) is 123 Å². The third kappa shape index (κ3) is 7.32. The van der Waals surface area contributed by atoms with Crippen LogP contribution >= 0.6 is 0 Å². The van der Waals surface area contributed by atoms with Gasteiger partial charge in [-0.25, -0.2) is 9.13 Å². The Morgan fingerprint density at radius 2 is 0.776 bits per heavy atom. The first-order chi connectivity index (χ1) is 27.9. The minimum atomic E-state index is 1.21. The molecule has 0 saturated heterocycles. The highest BCUT2D eigenvalue weighted by molar-refractivity contribution is 5.83. The highest BCUT2D eigenvalue weighted by atomic mass is 14.9. The van der Waals surface area contributed by atoms with E-state index in [4.69, 9.17) is 0 Å². The Hall–Kier alpha value is -6.38. The molecule has 2 heterocycles. The topological polar surface area (TPSA) is 7.76 Å². The Bertz CT molecular complexity index is 2850. The maximum atomic E-state index is 2.40. The zero-order valence-electron chi connectivity index (χ0n) is 35.8. The SMILES string of the molecule is Cc1cc(C)c(-c2cc[n+](C)c(-c3cc(-c4cccc(-c5cccc(-c6cc(-c7cc(-c8ccccc8)c(C)cc7C)[n+](C)cc6C)c5)c4)c(C)cc3C)c2)c(C)c1. The number of hydrogen-bond acceptors (Lipinski definition) is 0. The fraction of sp³-hybridized carbons (Fsp3) is 0.179. The standard InChI is InChI=1S/C56H54N2/c1-35-24-40(6)56(41(7)25-35)48-22-23-57(9)54(30-48)52-32-50(37(3)27-38(52)4)46-20-14-18-44(28-46)45-19-15-21-47(29-45)51-33-55(58(10)34-42(51)8)53-31-49(36(2)26-39(53)5)43-16-12-11-13-17-43/h11-34H,1-10H3/q+2. The van der Waals surface area contributed by atoms with Gasteiger partial charge in [0.05, 0.1) is 0 Å². The monoisotopic (exact) mass is 754 g/mol. The number of aryl methyl sites for hydroxylation is 10. The lowest BCUT2D eigenvalue weighted by atomic mass is 9.89. The van der Waals surface area contributed by atoms with Crippen LogP contribution in [0.4, 0.5) is 0 Å². The Morgan fingerprint density at radius 3 is 1.34 bits per heavy atom. The Balaban J connectivity index is 1.17. The summed E-state index contributed by atoms with van der Waals surface area (Å²) in [4.78, 5) is 0. The molecule has 8 aromatic rings. The van der Waals surface area contributed by atoms with E-state index < -0.39 is 0 Å². The van der Waals surface area contributed by atoms with Crippen molar-refractivity contribution in [2.24, 2.45) is 14.1 Å². The molecule has 0 saturated carbocycles. The van der Waals surface area contributed by atoms with Gasteiger partial charge in [-0.2, -0.15) is 0 Å². The summed E-state index contributed by atoms with van der Waals surface area (Å²) >= 11 is 0. The second kappa shape index (κ2) is 15.5. The highest BCUT2D eigenvalue weighted by Gasteiger charge is 2.21. The summed E-state index contributed by atoms with van der Waals surface area (Å²) in [5, 5.41) is 0. The van der Waals surface area contributed by atoms with Gasteiger partial charge in [0, 0.05) is 34.9 Å². The van der Waals surface area contributed by atoms with Gasteiger partial charge in [0.2, 0.25) is 11.4 Å². The number of pyridine rings is 2. The van der Waals surface area contributed by atoms with Crippen LogP contribution < -0.4 is 9.13 Å². The van der Waals surface area contributed by atoms with Crippen LogP contribution in [-0.4, -0.2) is 0 Å². The lowest BCUT2D eigenvalue weighted by molar-refractivity contribution is -0.660. The van der Waals surface area contributed by atoms with Gasteiger partial charge in [-0.05, 0) is 169 Å². The molecule has 0 unspecified atom stereocenters. The van der Waals surface area contributed by atoms with E-state index in [1.54, 1.807) is 0 Å². The average molecular weight is 755 g/mol. The summed E-state index contributed by atoms with van der Waals surface area (Å²) in [7, 11) is 4.32. The molecular weight excluding hydrogens is 701 g/mol.